The molecule has 0 atom stereocenters. The minimum Gasteiger partial charge on any atom is -0.484 e. The Morgan fingerprint density at radius 1 is 1.30 bits per heavy atom. The van der Waals surface area contributed by atoms with Crippen molar-refractivity contribution in [1.29, 1.82) is 0 Å². The van der Waals surface area contributed by atoms with Crippen LogP contribution in [-0.4, -0.2) is 12.5 Å². The quantitative estimate of drug-likeness (QED) is 0.850. The Morgan fingerprint density at radius 2 is 2.10 bits per heavy atom. The number of nitrogen functional groups attached to an aromatic ring is 1. The van der Waals surface area contributed by atoms with Crippen molar-refractivity contribution in [2.75, 3.05) is 17.7 Å². The molecule has 4 nitrogen and oxygen atoms in total. The van der Waals surface area contributed by atoms with Gasteiger partial charge in [-0.25, -0.2) is 0 Å². The molecule has 0 fully saturated rings. The number of hydrogen-bond donors (Lipinski definition) is 2. The van der Waals surface area contributed by atoms with Crippen LogP contribution in [-0.2, 0) is 4.79 Å². The number of rotatable bonds is 4. The Morgan fingerprint density at radius 3 is 2.85 bits per heavy atom. The first-order chi connectivity index (χ1) is 9.54. The Hall–Kier alpha value is -2.20. The molecule has 0 aliphatic rings. The van der Waals surface area contributed by atoms with Crippen molar-refractivity contribution in [1.82, 2.24) is 0 Å². The molecule has 3 N–H and O–H groups in total. The van der Waals surface area contributed by atoms with Gasteiger partial charge in [-0.2, -0.15) is 0 Å². The molecule has 0 aliphatic carbocycles. The van der Waals surface area contributed by atoms with Crippen LogP contribution in [0.2, 0.25) is 5.02 Å². The van der Waals surface area contributed by atoms with Crippen LogP contribution in [0.1, 0.15) is 5.56 Å². The molecule has 0 aliphatic heterocycles. The Kier molecular flexibility index (Phi) is 4.48. The van der Waals surface area contributed by atoms with Crippen molar-refractivity contribution in [3.8, 4) is 5.75 Å². The van der Waals surface area contributed by atoms with Gasteiger partial charge in [-0.1, -0.05) is 23.7 Å². The van der Waals surface area contributed by atoms with Gasteiger partial charge < -0.3 is 15.8 Å². The van der Waals surface area contributed by atoms with Crippen LogP contribution in [0.5, 0.6) is 5.75 Å². The van der Waals surface area contributed by atoms with Crippen molar-refractivity contribution in [2.45, 2.75) is 6.92 Å². The summed E-state index contributed by atoms with van der Waals surface area (Å²) in [6.45, 7) is 1.82. The summed E-state index contributed by atoms with van der Waals surface area (Å²) in [7, 11) is 0. The second-order valence-corrected chi connectivity index (χ2v) is 4.82. The third kappa shape index (κ3) is 3.90. The highest BCUT2D eigenvalue weighted by atomic mass is 35.5. The lowest BCUT2D eigenvalue weighted by molar-refractivity contribution is -0.118. The van der Waals surface area contributed by atoms with Crippen molar-refractivity contribution < 1.29 is 9.53 Å². The van der Waals surface area contributed by atoms with E-state index in [0.29, 0.717) is 22.1 Å². The molecule has 1 amide bonds. The number of hydrogen-bond acceptors (Lipinski definition) is 3. The molecule has 2 aromatic rings. The van der Waals surface area contributed by atoms with Crippen LogP contribution < -0.4 is 15.8 Å². The smallest absolute Gasteiger partial charge is 0.262 e. The molecule has 0 aromatic heterocycles. The standard InChI is InChI=1S/C15H15ClN2O2/c1-10-5-6-13(17)14(7-10)18-15(19)9-20-12-4-2-3-11(16)8-12/h2-8H,9,17H2,1H3,(H,18,19). The molecule has 0 spiro atoms. The summed E-state index contributed by atoms with van der Waals surface area (Å²) in [6.07, 6.45) is 0. The Labute approximate surface area is 122 Å². The molecule has 2 rings (SSSR count). The maximum atomic E-state index is 11.8. The van der Waals surface area contributed by atoms with E-state index in [2.05, 4.69) is 5.32 Å². The van der Waals surface area contributed by atoms with Gasteiger partial charge in [0.25, 0.3) is 5.91 Å². The number of ether oxygens (including phenoxy) is 1. The SMILES string of the molecule is Cc1ccc(N)c(NC(=O)COc2cccc(Cl)c2)c1. The van der Waals surface area contributed by atoms with Gasteiger partial charge in [-0.3, -0.25) is 4.79 Å². The van der Waals surface area contributed by atoms with Crippen LogP contribution in [0, 0.1) is 6.92 Å². The van der Waals surface area contributed by atoms with Crippen molar-refractivity contribution in [3.05, 3.63) is 53.1 Å². The van der Waals surface area contributed by atoms with Crippen LogP contribution in [0.3, 0.4) is 0 Å². The summed E-state index contributed by atoms with van der Waals surface area (Å²) in [5.74, 6) is 0.270. The van der Waals surface area contributed by atoms with Gasteiger partial charge in [0.05, 0.1) is 11.4 Å². The molecule has 0 saturated carbocycles. The summed E-state index contributed by atoms with van der Waals surface area (Å²) in [5.41, 5.74) is 7.92. The third-order valence-corrected chi connectivity index (χ3v) is 2.88. The van der Waals surface area contributed by atoms with Gasteiger partial charge >= 0.3 is 0 Å². The Bertz CT molecular complexity index is 629. The average Bonchev–Trinajstić information content (AvgIpc) is 2.41. The summed E-state index contributed by atoms with van der Waals surface area (Å²) in [6, 6.07) is 12.3. The molecule has 0 heterocycles. The zero-order valence-corrected chi connectivity index (χ0v) is 11.8. The predicted molar refractivity (Wildman–Crippen MR) is 81.2 cm³/mol. The topological polar surface area (TPSA) is 64.3 Å². The van der Waals surface area contributed by atoms with Gasteiger partial charge in [-0.15, -0.1) is 0 Å². The van der Waals surface area contributed by atoms with Crippen LogP contribution in [0.15, 0.2) is 42.5 Å². The molecule has 0 radical (unpaired) electrons. The molecule has 20 heavy (non-hydrogen) atoms. The minimum absolute atomic E-state index is 0.103. The van der Waals surface area contributed by atoms with E-state index in [1.165, 1.54) is 0 Å². The monoisotopic (exact) mass is 290 g/mol. The highest BCUT2D eigenvalue weighted by molar-refractivity contribution is 6.30. The molecule has 2 aromatic carbocycles. The maximum Gasteiger partial charge on any atom is 0.262 e. The fourth-order valence-electron chi connectivity index (χ4n) is 1.67. The number of aryl methyl sites for hydroxylation is 1. The highest BCUT2D eigenvalue weighted by Gasteiger charge is 2.06. The van der Waals surface area contributed by atoms with Gasteiger partial charge in [-0.05, 0) is 42.8 Å². The van der Waals surface area contributed by atoms with E-state index in [4.69, 9.17) is 22.1 Å². The predicted octanol–water partition coefficient (Wildman–Crippen LogP) is 3.25. The van der Waals surface area contributed by atoms with E-state index < -0.39 is 0 Å². The first-order valence-electron chi connectivity index (χ1n) is 6.09. The van der Waals surface area contributed by atoms with Crippen molar-refractivity contribution in [2.24, 2.45) is 0 Å². The zero-order chi connectivity index (χ0) is 14.5. The summed E-state index contributed by atoms with van der Waals surface area (Å²) < 4.78 is 5.35. The van der Waals surface area contributed by atoms with Gasteiger partial charge in [0.1, 0.15) is 5.75 Å². The molecule has 0 bridgehead atoms. The minimum atomic E-state index is -0.276. The lowest BCUT2D eigenvalue weighted by Gasteiger charge is -2.10. The first kappa shape index (κ1) is 14.2. The average molecular weight is 291 g/mol. The number of nitrogens with one attached hydrogen (secondary N) is 1. The largest absolute Gasteiger partial charge is 0.484 e. The maximum absolute atomic E-state index is 11.8. The number of carbonyl (C=O) groups is 1. The fraction of sp³-hybridized carbons (Fsp3) is 0.133. The van der Waals surface area contributed by atoms with E-state index in [1.54, 1.807) is 30.3 Å². The number of amides is 1. The van der Waals surface area contributed by atoms with E-state index in [9.17, 15) is 4.79 Å². The molecular formula is C15H15ClN2O2. The van der Waals surface area contributed by atoms with Crippen molar-refractivity contribution in [3.63, 3.8) is 0 Å². The second-order valence-electron chi connectivity index (χ2n) is 4.38. The van der Waals surface area contributed by atoms with Crippen molar-refractivity contribution >= 4 is 28.9 Å². The normalized spacial score (nSPS) is 10.1. The third-order valence-electron chi connectivity index (χ3n) is 2.65. The molecule has 104 valence electrons. The number of carbonyl (C=O) groups excluding carboxylic acids is 1. The lowest BCUT2D eigenvalue weighted by Crippen LogP contribution is -2.20. The van der Waals surface area contributed by atoms with Crippen LogP contribution >= 0.6 is 11.6 Å². The van der Waals surface area contributed by atoms with E-state index in [-0.39, 0.29) is 12.5 Å². The number of halogens is 1. The summed E-state index contributed by atoms with van der Waals surface area (Å²) in [4.78, 5) is 11.8. The van der Waals surface area contributed by atoms with E-state index >= 15 is 0 Å². The summed E-state index contributed by atoms with van der Waals surface area (Å²) >= 11 is 5.83. The molecule has 0 saturated heterocycles. The summed E-state index contributed by atoms with van der Waals surface area (Å²) in [5, 5.41) is 3.27. The zero-order valence-electron chi connectivity index (χ0n) is 11.0. The first-order valence-corrected chi connectivity index (χ1v) is 6.47. The van der Waals surface area contributed by atoms with E-state index in [1.807, 2.05) is 19.1 Å². The van der Waals surface area contributed by atoms with Crippen LogP contribution in [0.25, 0.3) is 0 Å². The van der Waals surface area contributed by atoms with Crippen LogP contribution in [0.4, 0.5) is 11.4 Å². The molecule has 0 unspecified atom stereocenters. The molecule has 5 heteroatoms. The van der Waals surface area contributed by atoms with Gasteiger partial charge in [0.15, 0.2) is 6.61 Å². The van der Waals surface area contributed by atoms with Gasteiger partial charge in [0, 0.05) is 5.02 Å². The van der Waals surface area contributed by atoms with E-state index in [0.717, 1.165) is 5.56 Å². The molecular weight excluding hydrogens is 276 g/mol. The lowest BCUT2D eigenvalue weighted by atomic mass is 10.2. The fourth-order valence-corrected chi connectivity index (χ4v) is 1.85. The number of benzene rings is 2. The number of anilines is 2. The number of nitrogens with two attached hydrogens (primary N) is 1. The Balaban J connectivity index is 1.94. The van der Waals surface area contributed by atoms with Gasteiger partial charge in [0.2, 0.25) is 0 Å². The highest BCUT2D eigenvalue weighted by Crippen LogP contribution is 2.20. The second kappa shape index (κ2) is 6.30.